The van der Waals surface area contributed by atoms with Crippen LogP contribution in [0, 0.1) is 5.92 Å². The molecule has 18 heavy (non-hydrogen) atoms. The van der Waals surface area contributed by atoms with Crippen LogP contribution in [0.5, 0.6) is 0 Å². The minimum Gasteiger partial charge on any atom is -0.308 e. The molecule has 5 heteroatoms. The highest BCUT2D eigenvalue weighted by atomic mass is 15.3. The Balaban J connectivity index is 1.78. The van der Waals surface area contributed by atoms with Gasteiger partial charge in [0.15, 0.2) is 11.6 Å². The Hall–Kier alpha value is -1.75. The fourth-order valence-electron chi connectivity index (χ4n) is 2.71. The van der Waals surface area contributed by atoms with Crippen LogP contribution >= 0.6 is 0 Å². The third kappa shape index (κ3) is 1.54. The molecule has 1 aliphatic carbocycles. The molecule has 0 radical (unpaired) electrons. The van der Waals surface area contributed by atoms with Crippen LogP contribution in [0.15, 0.2) is 24.5 Å². The number of hydrogen-bond donors (Lipinski definition) is 1. The molecule has 0 bridgehead atoms. The summed E-state index contributed by atoms with van der Waals surface area (Å²) >= 11 is 0. The molecule has 1 atom stereocenters. The maximum absolute atomic E-state index is 4.41. The first-order valence-electron chi connectivity index (χ1n) is 6.50. The predicted octanol–water partition coefficient (Wildman–Crippen LogP) is 1.39. The molecule has 1 saturated carbocycles. The maximum Gasteiger partial charge on any atom is 0.164 e. The van der Waals surface area contributed by atoms with Gasteiger partial charge in [0.2, 0.25) is 0 Å². The molecular weight excluding hydrogens is 226 g/mol. The van der Waals surface area contributed by atoms with E-state index in [0.717, 1.165) is 36.2 Å². The molecule has 0 spiro atoms. The smallest absolute Gasteiger partial charge is 0.164 e. The fourth-order valence-corrected chi connectivity index (χ4v) is 2.71. The molecule has 1 fully saturated rings. The first-order chi connectivity index (χ1) is 8.93. The second-order valence-corrected chi connectivity index (χ2v) is 5.04. The Labute approximate surface area is 105 Å². The van der Waals surface area contributed by atoms with Crippen LogP contribution < -0.4 is 5.32 Å². The minimum atomic E-state index is 0.404. The number of aromatic nitrogens is 4. The summed E-state index contributed by atoms with van der Waals surface area (Å²) in [6.07, 6.45) is 6.23. The molecule has 5 nitrogen and oxygen atoms in total. The van der Waals surface area contributed by atoms with Gasteiger partial charge in [-0.15, -0.1) is 10.2 Å². The van der Waals surface area contributed by atoms with E-state index < -0.39 is 0 Å². The van der Waals surface area contributed by atoms with E-state index in [2.05, 4.69) is 25.1 Å². The van der Waals surface area contributed by atoms with Gasteiger partial charge in [-0.25, -0.2) is 0 Å². The summed E-state index contributed by atoms with van der Waals surface area (Å²) in [5.41, 5.74) is 1.10. The molecule has 2 aromatic rings. The van der Waals surface area contributed by atoms with Crippen molar-refractivity contribution in [1.82, 2.24) is 25.1 Å². The first-order valence-corrected chi connectivity index (χ1v) is 6.50. The molecule has 3 heterocycles. The number of pyridine rings is 1. The lowest BCUT2D eigenvalue weighted by Gasteiger charge is -2.24. The minimum absolute atomic E-state index is 0.404. The van der Waals surface area contributed by atoms with Crippen LogP contribution in [0.25, 0.3) is 11.4 Å². The number of hydrogen-bond acceptors (Lipinski definition) is 4. The normalized spacial score (nSPS) is 22.8. The van der Waals surface area contributed by atoms with E-state index in [1.54, 1.807) is 12.4 Å². The van der Waals surface area contributed by atoms with Crippen molar-refractivity contribution in [2.75, 3.05) is 6.54 Å². The summed E-state index contributed by atoms with van der Waals surface area (Å²) in [6, 6.07) is 4.39. The first kappa shape index (κ1) is 10.2. The monoisotopic (exact) mass is 241 g/mol. The van der Waals surface area contributed by atoms with Gasteiger partial charge < -0.3 is 9.88 Å². The van der Waals surface area contributed by atoms with Crippen LogP contribution in [-0.2, 0) is 6.54 Å². The number of rotatable bonds is 2. The molecule has 92 valence electrons. The van der Waals surface area contributed by atoms with Gasteiger partial charge in [0, 0.05) is 31.0 Å². The van der Waals surface area contributed by atoms with Crippen molar-refractivity contribution in [3.05, 3.63) is 30.4 Å². The average Bonchev–Trinajstić information content (AvgIpc) is 3.18. The van der Waals surface area contributed by atoms with Gasteiger partial charge in [0.1, 0.15) is 0 Å². The Kier molecular flexibility index (Phi) is 2.20. The molecular formula is C13H15N5. The third-order valence-corrected chi connectivity index (χ3v) is 3.79. The van der Waals surface area contributed by atoms with Crippen molar-refractivity contribution < 1.29 is 0 Å². The summed E-state index contributed by atoms with van der Waals surface area (Å²) in [4.78, 5) is 4.05. The Bertz CT molecular complexity index is 558. The predicted molar refractivity (Wildman–Crippen MR) is 66.7 cm³/mol. The molecule has 2 aromatic heterocycles. The van der Waals surface area contributed by atoms with Crippen LogP contribution in [0.4, 0.5) is 0 Å². The Morgan fingerprint density at radius 1 is 1.17 bits per heavy atom. The van der Waals surface area contributed by atoms with Crippen molar-refractivity contribution in [1.29, 1.82) is 0 Å². The highest BCUT2D eigenvalue weighted by Crippen LogP contribution is 2.41. The van der Waals surface area contributed by atoms with Crippen molar-refractivity contribution in [3.8, 4) is 11.4 Å². The van der Waals surface area contributed by atoms with E-state index in [-0.39, 0.29) is 0 Å². The van der Waals surface area contributed by atoms with Crippen molar-refractivity contribution in [3.63, 3.8) is 0 Å². The van der Waals surface area contributed by atoms with E-state index in [1.807, 2.05) is 12.1 Å². The van der Waals surface area contributed by atoms with Gasteiger partial charge >= 0.3 is 0 Å². The summed E-state index contributed by atoms with van der Waals surface area (Å²) in [5, 5.41) is 12.3. The number of nitrogens with one attached hydrogen (secondary N) is 1. The summed E-state index contributed by atoms with van der Waals surface area (Å²) in [5.74, 6) is 2.84. The van der Waals surface area contributed by atoms with E-state index in [1.165, 1.54) is 12.8 Å². The van der Waals surface area contributed by atoms with Gasteiger partial charge in [-0.2, -0.15) is 0 Å². The molecule has 0 aromatic carbocycles. The Morgan fingerprint density at radius 3 is 2.78 bits per heavy atom. The average molecular weight is 241 g/mol. The molecule has 0 amide bonds. The van der Waals surface area contributed by atoms with Crippen molar-refractivity contribution in [2.45, 2.75) is 25.4 Å². The quantitative estimate of drug-likeness (QED) is 0.863. The Morgan fingerprint density at radius 2 is 2.00 bits per heavy atom. The van der Waals surface area contributed by atoms with E-state index >= 15 is 0 Å². The summed E-state index contributed by atoms with van der Waals surface area (Å²) < 4.78 is 2.26. The molecule has 1 unspecified atom stereocenters. The lowest BCUT2D eigenvalue weighted by atomic mass is 10.1. The second kappa shape index (κ2) is 3.88. The lowest BCUT2D eigenvalue weighted by Crippen LogP contribution is -2.35. The van der Waals surface area contributed by atoms with Gasteiger partial charge in [-0.1, -0.05) is 0 Å². The fraction of sp³-hybridized carbons (Fsp3) is 0.462. The summed E-state index contributed by atoms with van der Waals surface area (Å²) in [6.45, 7) is 1.95. The highest BCUT2D eigenvalue weighted by Gasteiger charge is 2.37. The SMILES string of the molecule is c1cc(-c2nnc3n2CCNC3C2CC2)ccn1. The van der Waals surface area contributed by atoms with E-state index in [4.69, 9.17) is 0 Å². The van der Waals surface area contributed by atoms with Crippen LogP contribution in [0.1, 0.15) is 24.7 Å². The van der Waals surface area contributed by atoms with Gasteiger partial charge in [0.25, 0.3) is 0 Å². The van der Waals surface area contributed by atoms with Crippen molar-refractivity contribution >= 4 is 0 Å². The van der Waals surface area contributed by atoms with Crippen molar-refractivity contribution in [2.24, 2.45) is 5.92 Å². The van der Waals surface area contributed by atoms with Gasteiger partial charge in [-0.05, 0) is 30.9 Å². The lowest BCUT2D eigenvalue weighted by molar-refractivity contribution is 0.383. The molecule has 2 aliphatic rings. The molecule has 0 saturated heterocycles. The maximum atomic E-state index is 4.41. The number of fused-ring (bicyclic) bond motifs is 1. The molecule has 4 rings (SSSR count). The van der Waals surface area contributed by atoms with Crippen LogP contribution in [-0.4, -0.2) is 26.3 Å². The van der Waals surface area contributed by atoms with Gasteiger partial charge in [0.05, 0.1) is 6.04 Å². The zero-order valence-electron chi connectivity index (χ0n) is 10.1. The van der Waals surface area contributed by atoms with Crippen LogP contribution in [0.3, 0.4) is 0 Å². The molecule has 1 N–H and O–H groups in total. The highest BCUT2D eigenvalue weighted by molar-refractivity contribution is 5.54. The topological polar surface area (TPSA) is 55.6 Å². The summed E-state index contributed by atoms with van der Waals surface area (Å²) in [7, 11) is 0. The molecule has 1 aliphatic heterocycles. The van der Waals surface area contributed by atoms with Crippen LogP contribution in [0.2, 0.25) is 0 Å². The van der Waals surface area contributed by atoms with Gasteiger partial charge in [-0.3, -0.25) is 4.98 Å². The van der Waals surface area contributed by atoms with E-state index in [0.29, 0.717) is 6.04 Å². The largest absolute Gasteiger partial charge is 0.308 e. The van der Waals surface area contributed by atoms with E-state index in [9.17, 15) is 0 Å². The third-order valence-electron chi connectivity index (χ3n) is 3.79. The zero-order valence-corrected chi connectivity index (χ0v) is 10.1. The second-order valence-electron chi connectivity index (χ2n) is 5.04. The standard InChI is InChI=1S/C13H15N5/c1-2-9(1)11-13-17-16-12(18(13)8-7-15-11)10-3-5-14-6-4-10/h3-6,9,11,15H,1-2,7-8H2. The number of nitrogens with zero attached hydrogens (tertiary/aromatic N) is 4. The zero-order chi connectivity index (χ0) is 11.9.